The second kappa shape index (κ2) is 7.27. The molecule has 1 aromatic heterocycles. The maximum Gasteiger partial charge on any atom is 0.251 e. The summed E-state index contributed by atoms with van der Waals surface area (Å²) in [6.45, 7) is 2.23. The molecule has 0 aliphatic carbocycles. The minimum absolute atomic E-state index is 0.0751. The topological polar surface area (TPSA) is 32.9 Å². The number of unbranched alkanes of at least 4 members (excludes halogenated alkanes) is 5. The molecule has 0 amide bonds. The van der Waals surface area contributed by atoms with E-state index in [4.69, 9.17) is 0 Å². The van der Waals surface area contributed by atoms with Gasteiger partial charge in [-0.2, -0.15) is 0 Å². The lowest BCUT2D eigenvalue weighted by atomic mass is 10.1. The number of hydrogen-bond acceptors (Lipinski definition) is 1. The number of aromatic amines is 1. The molecule has 0 radical (unpaired) electrons. The van der Waals surface area contributed by atoms with Crippen molar-refractivity contribution in [2.24, 2.45) is 0 Å². The predicted molar refractivity (Wildman–Crippen MR) is 64.1 cm³/mol. The minimum Gasteiger partial charge on any atom is -0.329 e. The Hall–Kier alpha value is -1.05. The summed E-state index contributed by atoms with van der Waals surface area (Å²) in [6, 6.07) is 3.82. The van der Waals surface area contributed by atoms with Crippen molar-refractivity contribution < 1.29 is 0 Å². The lowest BCUT2D eigenvalue weighted by Crippen LogP contribution is -2.10. The number of pyridine rings is 1. The number of nitrogens with one attached hydrogen (secondary N) is 1. The average molecular weight is 207 g/mol. The predicted octanol–water partition coefficient (Wildman–Crippen LogP) is 3.28. The Bertz CT molecular complexity index is 316. The molecule has 1 heterocycles. The third-order valence-electron chi connectivity index (χ3n) is 2.70. The van der Waals surface area contributed by atoms with E-state index in [-0.39, 0.29) is 5.56 Å². The van der Waals surface area contributed by atoms with E-state index in [1.54, 1.807) is 6.20 Å². The van der Waals surface area contributed by atoms with Crippen molar-refractivity contribution in [1.82, 2.24) is 4.98 Å². The van der Waals surface area contributed by atoms with E-state index >= 15 is 0 Å². The number of hydrogen-bond donors (Lipinski definition) is 1. The van der Waals surface area contributed by atoms with Gasteiger partial charge in [-0.05, 0) is 18.9 Å². The Kier molecular flexibility index (Phi) is 5.83. The van der Waals surface area contributed by atoms with Crippen LogP contribution in [0.15, 0.2) is 23.1 Å². The fraction of sp³-hybridized carbons (Fsp3) is 0.615. The average Bonchev–Trinajstić information content (AvgIpc) is 2.25. The first-order valence-corrected chi connectivity index (χ1v) is 6.01. The van der Waals surface area contributed by atoms with Crippen molar-refractivity contribution in [3.63, 3.8) is 0 Å². The molecule has 15 heavy (non-hydrogen) atoms. The zero-order valence-corrected chi connectivity index (χ0v) is 9.59. The van der Waals surface area contributed by atoms with Crippen LogP contribution in [0.2, 0.25) is 0 Å². The fourth-order valence-electron chi connectivity index (χ4n) is 1.75. The molecule has 0 atom stereocenters. The molecule has 2 heteroatoms. The van der Waals surface area contributed by atoms with Gasteiger partial charge >= 0.3 is 0 Å². The standard InChI is InChI=1S/C13H21NO/c1-2-3-4-5-6-7-9-12-10-8-11-14-13(12)15/h8,10-11H,2-7,9H2,1H3,(H,14,15). The molecule has 0 saturated carbocycles. The van der Waals surface area contributed by atoms with Gasteiger partial charge in [0.25, 0.3) is 5.56 Å². The van der Waals surface area contributed by atoms with Crippen LogP contribution in [0.5, 0.6) is 0 Å². The first kappa shape index (κ1) is 12.0. The molecule has 1 rings (SSSR count). The minimum atomic E-state index is 0.0751. The molecule has 0 unspecified atom stereocenters. The van der Waals surface area contributed by atoms with Gasteiger partial charge in [-0.3, -0.25) is 4.79 Å². The lowest BCUT2D eigenvalue weighted by Gasteiger charge is -2.00. The van der Waals surface area contributed by atoms with Crippen LogP contribution in [0.4, 0.5) is 0 Å². The van der Waals surface area contributed by atoms with Crippen LogP contribution in [-0.2, 0) is 6.42 Å². The molecule has 1 N–H and O–H groups in total. The first-order valence-electron chi connectivity index (χ1n) is 6.01. The van der Waals surface area contributed by atoms with Crippen LogP contribution < -0.4 is 5.56 Å². The van der Waals surface area contributed by atoms with Gasteiger partial charge in [0.1, 0.15) is 0 Å². The largest absolute Gasteiger partial charge is 0.329 e. The van der Waals surface area contributed by atoms with Crippen molar-refractivity contribution >= 4 is 0 Å². The molecule has 0 aliphatic heterocycles. The quantitative estimate of drug-likeness (QED) is 0.684. The maximum absolute atomic E-state index is 11.3. The number of rotatable bonds is 7. The number of H-pyrrole nitrogens is 1. The van der Waals surface area contributed by atoms with Crippen LogP contribution in [-0.4, -0.2) is 4.98 Å². The van der Waals surface area contributed by atoms with Gasteiger partial charge in [-0.1, -0.05) is 45.1 Å². The molecule has 1 aromatic rings. The molecular formula is C13H21NO. The fourth-order valence-corrected chi connectivity index (χ4v) is 1.75. The third kappa shape index (κ3) is 4.82. The number of aromatic nitrogens is 1. The van der Waals surface area contributed by atoms with Crippen LogP contribution in [0.1, 0.15) is 51.0 Å². The zero-order chi connectivity index (χ0) is 10.9. The van der Waals surface area contributed by atoms with Crippen molar-refractivity contribution in [3.05, 3.63) is 34.2 Å². The monoisotopic (exact) mass is 207 g/mol. The van der Waals surface area contributed by atoms with E-state index in [1.807, 2.05) is 12.1 Å². The molecule has 0 fully saturated rings. The van der Waals surface area contributed by atoms with E-state index in [0.29, 0.717) is 0 Å². The van der Waals surface area contributed by atoms with E-state index in [1.165, 1.54) is 32.1 Å². The highest BCUT2D eigenvalue weighted by Crippen LogP contribution is 2.07. The van der Waals surface area contributed by atoms with Gasteiger partial charge < -0.3 is 4.98 Å². The van der Waals surface area contributed by atoms with Crippen molar-refractivity contribution in [1.29, 1.82) is 0 Å². The highest BCUT2D eigenvalue weighted by Gasteiger charge is 1.97. The molecule has 84 valence electrons. The van der Waals surface area contributed by atoms with E-state index in [2.05, 4.69) is 11.9 Å². The summed E-state index contributed by atoms with van der Waals surface area (Å²) in [5.74, 6) is 0. The molecule has 0 saturated heterocycles. The van der Waals surface area contributed by atoms with E-state index < -0.39 is 0 Å². The maximum atomic E-state index is 11.3. The molecule has 0 spiro atoms. The van der Waals surface area contributed by atoms with Crippen LogP contribution in [0.25, 0.3) is 0 Å². The van der Waals surface area contributed by atoms with E-state index in [9.17, 15) is 4.79 Å². The third-order valence-corrected chi connectivity index (χ3v) is 2.70. The summed E-state index contributed by atoms with van der Waals surface area (Å²) >= 11 is 0. The molecular weight excluding hydrogens is 186 g/mol. The Balaban J connectivity index is 2.15. The second-order valence-corrected chi connectivity index (χ2v) is 4.04. The SMILES string of the molecule is CCCCCCCCc1ccc[nH]c1=O. The van der Waals surface area contributed by atoms with Gasteiger partial charge in [0.15, 0.2) is 0 Å². The Morgan fingerprint density at radius 2 is 1.87 bits per heavy atom. The van der Waals surface area contributed by atoms with Crippen molar-refractivity contribution in [3.8, 4) is 0 Å². The highest BCUT2D eigenvalue weighted by atomic mass is 16.1. The normalized spacial score (nSPS) is 10.5. The van der Waals surface area contributed by atoms with Gasteiger partial charge in [-0.15, -0.1) is 0 Å². The van der Waals surface area contributed by atoms with Crippen molar-refractivity contribution in [2.75, 3.05) is 0 Å². The highest BCUT2D eigenvalue weighted by molar-refractivity contribution is 5.08. The number of aryl methyl sites for hydroxylation is 1. The molecule has 2 nitrogen and oxygen atoms in total. The lowest BCUT2D eigenvalue weighted by molar-refractivity contribution is 0.606. The second-order valence-electron chi connectivity index (χ2n) is 4.04. The zero-order valence-electron chi connectivity index (χ0n) is 9.59. The molecule has 0 aromatic carbocycles. The van der Waals surface area contributed by atoms with E-state index in [0.717, 1.165) is 18.4 Å². The van der Waals surface area contributed by atoms with Crippen LogP contribution >= 0.6 is 0 Å². The summed E-state index contributed by atoms with van der Waals surface area (Å²) in [4.78, 5) is 14.0. The molecule has 0 aliphatic rings. The van der Waals surface area contributed by atoms with Gasteiger partial charge in [0, 0.05) is 11.8 Å². The Labute approximate surface area is 91.7 Å². The van der Waals surface area contributed by atoms with Crippen LogP contribution in [0, 0.1) is 0 Å². The summed E-state index contributed by atoms with van der Waals surface area (Å²) in [5, 5.41) is 0. The van der Waals surface area contributed by atoms with Gasteiger partial charge in [0.2, 0.25) is 0 Å². The summed E-state index contributed by atoms with van der Waals surface area (Å²) in [6.07, 6.45) is 10.3. The summed E-state index contributed by atoms with van der Waals surface area (Å²) in [5.41, 5.74) is 0.999. The van der Waals surface area contributed by atoms with Gasteiger partial charge in [-0.25, -0.2) is 0 Å². The van der Waals surface area contributed by atoms with Crippen LogP contribution in [0.3, 0.4) is 0 Å². The summed E-state index contributed by atoms with van der Waals surface area (Å²) in [7, 11) is 0. The first-order chi connectivity index (χ1) is 7.34. The van der Waals surface area contributed by atoms with Crippen molar-refractivity contribution in [2.45, 2.75) is 51.9 Å². The smallest absolute Gasteiger partial charge is 0.251 e. The Morgan fingerprint density at radius 3 is 2.60 bits per heavy atom. The van der Waals surface area contributed by atoms with Gasteiger partial charge in [0.05, 0.1) is 0 Å². The Morgan fingerprint density at radius 1 is 1.13 bits per heavy atom. The summed E-state index contributed by atoms with van der Waals surface area (Å²) < 4.78 is 0. The molecule has 0 bridgehead atoms.